The number of carbonyl (C=O) groups excluding carboxylic acids is 1. The van der Waals surface area contributed by atoms with Gasteiger partial charge in [0.1, 0.15) is 23.0 Å². The molecule has 7 nitrogen and oxygen atoms in total. The number of aromatic hydroxyl groups is 1. The summed E-state index contributed by atoms with van der Waals surface area (Å²) in [6.45, 7) is 2.18. The molecule has 3 atom stereocenters. The van der Waals surface area contributed by atoms with E-state index in [1.165, 1.54) is 16.7 Å². The van der Waals surface area contributed by atoms with Crippen molar-refractivity contribution in [1.82, 2.24) is 4.98 Å². The second kappa shape index (κ2) is 10.7. The number of Topliss-reactive ketones (excluding diaryl/α,β-unsaturated/α-hetero) is 1. The number of pyridine rings is 1. The minimum Gasteiger partial charge on any atom is -0.508 e. The topological polar surface area (TPSA) is 127 Å². The van der Waals surface area contributed by atoms with E-state index in [9.17, 15) is 9.90 Å². The fraction of sp³-hybridized carbons (Fsp3) is 0.310. The van der Waals surface area contributed by atoms with Crippen LogP contribution in [-0.2, 0) is 11.2 Å². The molecule has 1 aromatic heterocycles. The van der Waals surface area contributed by atoms with Gasteiger partial charge in [-0.3, -0.25) is 4.79 Å². The SMILES string of the molecule is CC12CCC3C(=CCc4cc(O)ccc43)C1CCC2=O.Cl.Nc1ccc(N=Nc2ccccc2)c(N)n1. The highest BCUT2D eigenvalue weighted by Crippen LogP contribution is 2.57. The quantitative estimate of drug-likeness (QED) is 0.254. The number of nitrogens with zero attached hydrogens (tertiary/aromatic N) is 3. The zero-order valence-electron chi connectivity index (χ0n) is 20.8. The van der Waals surface area contributed by atoms with Crippen LogP contribution in [0.2, 0.25) is 0 Å². The molecule has 1 heterocycles. The molecule has 0 bridgehead atoms. The van der Waals surface area contributed by atoms with Crippen LogP contribution in [0.25, 0.3) is 0 Å². The Morgan fingerprint density at radius 2 is 1.81 bits per heavy atom. The average molecular weight is 518 g/mol. The fourth-order valence-corrected chi connectivity index (χ4v) is 5.91. The lowest BCUT2D eigenvalue weighted by Crippen LogP contribution is -2.37. The number of phenolic OH excluding ortho intramolecular Hbond substituents is 1. The third-order valence-corrected chi connectivity index (χ3v) is 7.84. The Morgan fingerprint density at radius 1 is 1.03 bits per heavy atom. The second-order valence-electron chi connectivity index (χ2n) is 9.99. The summed E-state index contributed by atoms with van der Waals surface area (Å²) in [5, 5.41) is 17.7. The number of hydrogen-bond acceptors (Lipinski definition) is 7. The smallest absolute Gasteiger partial charge is 0.153 e. The number of aromatic nitrogens is 1. The summed E-state index contributed by atoms with van der Waals surface area (Å²) in [5.41, 5.74) is 16.4. The first kappa shape index (κ1) is 26.4. The fourth-order valence-electron chi connectivity index (χ4n) is 5.91. The molecule has 3 aromatic rings. The molecule has 0 spiro atoms. The number of nitrogens with two attached hydrogens (primary N) is 2. The van der Waals surface area contributed by atoms with Gasteiger partial charge < -0.3 is 16.6 Å². The highest BCUT2D eigenvalue weighted by atomic mass is 35.5. The van der Waals surface area contributed by atoms with Crippen molar-refractivity contribution in [2.75, 3.05) is 11.5 Å². The van der Waals surface area contributed by atoms with Crippen molar-refractivity contribution in [1.29, 1.82) is 0 Å². The zero-order valence-corrected chi connectivity index (χ0v) is 21.6. The van der Waals surface area contributed by atoms with E-state index in [0.717, 1.165) is 37.8 Å². The largest absolute Gasteiger partial charge is 0.508 e. The lowest BCUT2D eigenvalue weighted by molar-refractivity contribution is -0.126. The number of benzene rings is 2. The minimum absolute atomic E-state index is 0. The van der Waals surface area contributed by atoms with Crippen LogP contribution in [-0.4, -0.2) is 15.9 Å². The van der Waals surface area contributed by atoms with E-state index in [4.69, 9.17) is 11.5 Å². The molecule has 2 fully saturated rings. The maximum Gasteiger partial charge on any atom is 0.153 e. The van der Waals surface area contributed by atoms with Gasteiger partial charge in [-0.05, 0) is 79.1 Å². The molecule has 37 heavy (non-hydrogen) atoms. The number of hydrogen-bond donors (Lipinski definition) is 3. The van der Waals surface area contributed by atoms with Gasteiger partial charge in [0.2, 0.25) is 0 Å². The van der Waals surface area contributed by atoms with E-state index < -0.39 is 0 Å². The van der Waals surface area contributed by atoms with Crippen LogP contribution in [0.15, 0.2) is 82.5 Å². The van der Waals surface area contributed by atoms with Gasteiger partial charge in [-0.25, -0.2) is 4.98 Å². The van der Waals surface area contributed by atoms with Crippen molar-refractivity contribution in [3.8, 4) is 5.75 Å². The number of carbonyl (C=O) groups is 1. The normalized spacial score (nSPS) is 23.6. The van der Waals surface area contributed by atoms with Crippen molar-refractivity contribution >= 4 is 41.2 Å². The van der Waals surface area contributed by atoms with Crippen molar-refractivity contribution in [2.45, 2.75) is 44.9 Å². The molecule has 8 heteroatoms. The van der Waals surface area contributed by atoms with Crippen molar-refractivity contribution in [2.24, 2.45) is 21.6 Å². The van der Waals surface area contributed by atoms with Crippen LogP contribution in [0.5, 0.6) is 5.75 Å². The summed E-state index contributed by atoms with van der Waals surface area (Å²) in [7, 11) is 0. The number of nitrogen functional groups attached to an aromatic ring is 2. The van der Waals surface area contributed by atoms with E-state index in [2.05, 4.69) is 34.3 Å². The molecule has 3 aliphatic rings. The first-order valence-corrected chi connectivity index (χ1v) is 12.4. The molecule has 0 amide bonds. The monoisotopic (exact) mass is 517 g/mol. The molecule has 2 aromatic carbocycles. The predicted octanol–water partition coefficient (Wildman–Crippen LogP) is 6.82. The molecule has 0 aliphatic heterocycles. The number of rotatable bonds is 2. The summed E-state index contributed by atoms with van der Waals surface area (Å²) >= 11 is 0. The Kier molecular flexibility index (Phi) is 7.64. The first-order valence-electron chi connectivity index (χ1n) is 12.4. The summed E-state index contributed by atoms with van der Waals surface area (Å²) in [6, 6.07) is 18.5. The molecule has 0 radical (unpaired) electrons. The maximum absolute atomic E-state index is 12.2. The Balaban J connectivity index is 0.000000173. The van der Waals surface area contributed by atoms with Crippen LogP contribution in [0, 0.1) is 11.3 Å². The Morgan fingerprint density at radius 3 is 2.57 bits per heavy atom. The number of allylic oxidation sites excluding steroid dienone is 2. The van der Waals surface area contributed by atoms with Gasteiger partial charge in [-0.15, -0.1) is 17.5 Å². The maximum atomic E-state index is 12.2. The second-order valence-corrected chi connectivity index (χ2v) is 9.99. The molecule has 5 N–H and O–H groups in total. The Hall–Kier alpha value is -3.71. The van der Waals surface area contributed by atoms with Gasteiger partial charge in [0, 0.05) is 17.8 Å². The number of azo groups is 1. The van der Waals surface area contributed by atoms with E-state index in [1.807, 2.05) is 36.4 Å². The van der Waals surface area contributed by atoms with Gasteiger partial charge in [0.05, 0.1) is 5.69 Å². The van der Waals surface area contributed by atoms with Gasteiger partial charge in [0.25, 0.3) is 0 Å². The van der Waals surface area contributed by atoms with Gasteiger partial charge >= 0.3 is 0 Å². The summed E-state index contributed by atoms with van der Waals surface area (Å²) in [4.78, 5) is 16.1. The molecular formula is C29H32ClN5O2. The highest BCUT2D eigenvalue weighted by molar-refractivity contribution is 5.88. The van der Waals surface area contributed by atoms with Gasteiger partial charge in [0.15, 0.2) is 5.82 Å². The van der Waals surface area contributed by atoms with E-state index in [1.54, 1.807) is 18.2 Å². The molecule has 2 saturated carbocycles. The minimum atomic E-state index is -0.100. The third kappa shape index (κ3) is 5.23. The van der Waals surface area contributed by atoms with E-state index in [-0.39, 0.29) is 23.6 Å². The number of anilines is 2. The molecule has 6 rings (SSSR count). The average Bonchev–Trinajstić information content (AvgIpc) is 3.18. The number of ketones is 1. The molecule has 3 unspecified atom stereocenters. The number of phenols is 1. The van der Waals surface area contributed by atoms with Crippen molar-refractivity contribution in [3.05, 3.63) is 83.4 Å². The van der Waals surface area contributed by atoms with Crippen molar-refractivity contribution < 1.29 is 9.90 Å². The Labute approximate surface area is 223 Å². The lowest BCUT2D eigenvalue weighted by atomic mass is 9.60. The zero-order chi connectivity index (χ0) is 25.3. The van der Waals surface area contributed by atoms with Gasteiger partial charge in [-0.2, -0.15) is 5.11 Å². The molecule has 192 valence electrons. The first-order chi connectivity index (χ1) is 17.3. The van der Waals surface area contributed by atoms with Crippen LogP contribution in [0.1, 0.15) is 49.7 Å². The highest BCUT2D eigenvalue weighted by Gasteiger charge is 2.52. The number of halogens is 1. The predicted molar refractivity (Wildman–Crippen MR) is 149 cm³/mol. The summed E-state index contributed by atoms with van der Waals surface area (Å²) in [5.74, 6) is 2.41. The van der Waals surface area contributed by atoms with Crippen molar-refractivity contribution in [3.63, 3.8) is 0 Å². The van der Waals surface area contributed by atoms with Crippen LogP contribution in [0.4, 0.5) is 23.0 Å². The third-order valence-electron chi connectivity index (χ3n) is 7.84. The molecule has 3 aliphatic carbocycles. The van der Waals surface area contributed by atoms with Crippen LogP contribution < -0.4 is 11.5 Å². The molecular weight excluding hydrogens is 486 g/mol. The Bertz CT molecular complexity index is 1360. The van der Waals surface area contributed by atoms with E-state index in [0.29, 0.717) is 34.9 Å². The lowest BCUT2D eigenvalue weighted by Gasteiger charge is -2.43. The summed E-state index contributed by atoms with van der Waals surface area (Å²) in [6.07, 6.45) is 7.11. The van der Waals surface area contributed by atoms with Crippen LogP contribution in [0.3, 0.4) is 0 Å². The summed E-state index contributed by atoms with van der Waals surface area (Å²) < 4.78 is 0. The van der Waals surface area contributed by atoms with Gasteiger partial charge in [-0.1, -0.05) is 42.8 Å². The standard InChI is InChI=1S/C18H20O2.C11H11N5.ClH/c1-18-9-8-14-13-5-3-12(19)10-11(13)2-4-15(14)16(18)6-7-17(18)20;12-10-7-6-9(11(13)14-10)16-15-8-4-2-1-3-5-8;/h3-5,10,14,16,19H,2,6-9H2,1H3;1-7H,(H4,12,13,14);1H. The van der Waals surface area contributed by atoms with Crippen LogP contribution >= 0.6 is 12.4 Å². The molecule has 0 saturated heterocycles. The number of fused-ring (bicyclic) bond motifs is 5. The van der Waals surface area contributed by atoms with E-state index >= 15 is 0 Å².